The van der Waals surface area contributed by atoms with Gasteiger partial charge in [0.1, 0.15) is 5.60 Å². The third-order valence-electron chi connectivity index (χ3n) is 6.02. The molecule has 6 nitrogen and oxygen atoms in total. The summed E-state index contributed by atoms with van der Waals surface area (Å²) in [6.07, 6.45) is 1.26. The van der Waals surface area contributed by atoms with Crippen molar-refractivity contribution in [3.05, 3.63) is 35.9 Å². The van der Waals surface area contributed by atoms with E-state index in [9.17, 15) is 9.90 Å². The Balaban J connectivity index is 1.81. The average molecular weight is 391 g/mol. The fourth-order valence-corrected chi connectivity index (χ4v) is 4.95. The molecular weight excluding hydrogens is 356 g/mol. The number of amides is 1. The fraction of sp³-hybridized carbons (Fsp3) is 0.682. The average Bonchev–Trinajstić information content (AvgIpc) is 3.16. The zero-order valence-corrected chi connectivity index (χ0v) is 17.4. The number of carbonyl (C=O) groups excluding carboxylic acids is 1. The minimum atomic E-state index is -0.817. The number of nitrogens with zero attached hydrogens (tertiary/aromatic N) is 1. The van der Waals surface area contributed by atoms with Gasteiger partial charge in [-0.25, -0.2) is 4.79 Å². The lowest BCUT2D eigenvalue weighted by atomic mass is 9.85. The number of ether oxygens (including phenoxy) is 2. The maximum absolute atomic E-state index is 13.0. The zero-order chi connectivity index (χ0) is 20.5. The molecule has 2 unspecified atom stereocenters. The Morgan fingerprint density at radius 2 is 1.96 bits per heavy atom. The molecule has 2 bridgehead atoms. The van der Waals surface area contributed by atoms with Gasteiger partial charge in [-0.3, -0.25) is 4.90 Å². The van der Waals surface area contributed by atoms with Crippen LogP contribution >= 0.6 is 0 Å². The molecule has 6 atom stereocenters. The number of fused-ring (bicyclic) bond motifs is 2. The summed E-state index contributed by atoms with van der Waals surface area (Å²) in [5.41, 5.74) is 6.90. The molecule has 0 spiro atoms. The van der Waals surface area contributed by atoms with Crippen molar-refractivity contribution < 1.29 is 19.4 Å². The number of hydrogen-bond donors (Lipinski definition) is 2. The minimum absolute atomic E-state index is 0.0309. The van der Waals surface area contributed by atoms with Gasteiger partial charge >= 0.3 is 6.09 Å². The van der Waals surface area contributed by atoms with Gasteiger partial charge < -0.3 is 20.3 Å². The third kappa shape index (κ3) is 4.34. The molecule has 1 aliphatic carbocycles. The van der Waals surface area contributed by atoms with Gasteiger partial charge in [-0.05, 0) is 51.5 Å². The van der Waals surface area contributed by atoms with Gasteiger partial charge in [0.25, 0.3) is 0 Å². The summed E-state index contributed by atoms with van der Waals surface area (Å²) < 4.78 is 11.1. The maximum Gasteiger partial charge on any atom is 0.410 e. The summed E-state index contributed by atoms with van der Waals surface area (Å²) in [5.74, 6) is 0.385. The highest BCUT2D eigenvalue weighted by Gasteiger charge is 2.58. The molecular formula is C22H34N2O4. The van der Waals surface area contributed by atoms with Crippen molar-refractivity contribution in [3.8, 4) is 0 Å². The predicted molar refractivity (Wildman–Crippen MR) is 108 cm³/mol. The van der Waals surface area contributed by atoms with Crippen LogP contribution in [0.1, 0.15) is 39.2 Å². The lowest BCUT2D eigenvalue weighted by Crippen LogP contribution is -2.57. The van der Waals surface area contributed by atoms with Crippen LogP contribution in [-0.2, 0) is 15.9 Å². The van der Waals surface area contributed by atoms with Crippen LogP contribution in [0.4, 0.5) is 4.79 Å². The second-order valence-electron chi connectivity index (χ2n) is 9.15. The highest BCUT2D eigenvalue weighted by atomic mass is 16.6. The first-order chi connectivity index (χ1) is 13.2. The van der Waals surface area contributed by atoms with Gasteiger partial charge in [-0.15, -0.1) is 0 Å². The molecule has 1 aliphatic heterocycles. The van der Waals surface area contributed by atoms with E-state index in [1.54, 1.807) is 12.0 Å². The standard InChI is InChI=1S/C22H34N2O4/c1-22(2,3)28-21(26)24-18-11-10-15(16(18)13-27-4)19(24)20(25)17(23)12-14-8-6-5-7-9-14/h5-9,15-20,25H,10-13,23H2,1-4H3/t15-,16+,17?,18+,19-,20?/m1/s1. The van der Waals surface area contributed by atoms with Gasteiger partial charge in [0.2, 0.25) is 0 Å². The van der Waals surface area contributed by atoms with Crippen molar-refractivity contribution in [3.63, 3.8) is 0 Å². The maximum atomic E-state index is 13.0. The van der Waals surface area contributed by atoms with E-state index in [0.29, 0.717) is 13.0 Å². The van der Waals surface area contributed by atoms with Crippen LogP contribution in [0.15, 0.2) is 30.3 Å². The molecule has 2 fully saturated rings. The van der Waals surface area contributed by atoms with Gasteiger partial charge in [-0.1, -0.05) is 30.3 Å². The molecule has 1 saturated carbocycles. The highest BCUT2D eigenvalue weighted by molar-refractivity contribution is 5.70. The highest BCUT2D eigenvalue weighted by Crippen LogP contribution is 2.49. The Bertz CT molecular complexity index is 660. The molecule has 28 heavy (non-hydrogen) atoms. The minimum Gasteiger partial charge on any atom is -0.444 e. The molecule has 0 aromatic heterocycles. The normalized spacial score (nSPS) is 29.0. The first-order valence-corrected chi connectivity index (χ1v) is 10.2. The molecule has 1 saturated heterocycles. The van der Waals surface area contributed by atoms with Crippen molar-refractivity contribution in [1.82, 2.24) is 4.90 Å². The van der Waals surface area contributed by atoms with Crippen LogP contribution in [0, 0.1) is 11.8 Å². The van der Waals surface area contributed by atoms with Crippen LogP contribution in [0.5, 0.6) is 0 Å². The summed E-state index contributed by atoms with van der Waals surface area (Å²) in [6.45, 7) is 6.15. The number of hydrogen-bond acceptors (Lipinski definition) is 5. The van der Waals surface area contributed by atoms with E-state index in [1.807, 2.05) is 51.1 Å². The summed E-state index contributed by atoms with van der Waals surface area (Å²) >= 11 is 0. The number of piperidine rings is 1. The molecule has 1 aromatic rings. The number of rotatable bonds is 6. The fourth-order valence-electron chi connectivity index (χ4n) is 4.95. The van der Waals surface area contributed by atoms with Crippen molar-refractivity contribution >= 4 is 6.09 Å². The Kier molecular flexibility index (Phi) is 6.32. The molecule has 3 N–H and O–H groups in total. The van der Waals surface area contributed by atoms with E-state index < -0.39 is 17.7 Å². The van der Waals surface area contributed by atoms with Gasteiger partial charge in [0, 0.05) is 25.1 Å². The molecule has 3 rings (SSSR count). The van der Waals surface area contributed by atoms with E-state index in [1.165, 1.54) is 0 Å². The molecule has 1 amide bonds. The first kappa shape index (κ1) is 21.1. The smallest absolute Gasteiger partial charge is 0.410 e. The largest absolute Gasteiger partial charge is 0.444 e. The van der Waals surface area contributed by atoms with Crippen LogP contribution in [0.2, 0.25) is 0 Å². The summed E-state index contributed by atoms with van der Waals surface area (Å²) in [7, 11) is 1.68. The number of methoxy groups -OCH3 is 1. The SMILES string of the molecule is COC[C@H]1[C@H]2CC[C@@H]1N(C(=O)OC(C)(C)C)[C@H]2C(O)C(N)Cc1ccccc1. The van der Waals surface area contributed by atoms with Gasteiger partial charge in [0.05, 0.1) is 18.8 Å². The number of aliphatic hydroxyl groups excluding tert-OH is 1. The number of aliphatic hydroxyl groups is 1. The number of carbonyl (C=O) groups is 1. The molecule has 1 aromatic carbocycles. The Morgan fingerprint density at radius 1 is 1.29 bits per heavy atom. The van der Waals surface area contributed by atoms with Gasteiger partial charge in [-0.2, -0.15) is 0 Å². The van der Waals surface area contributed by atoms with Crippen LogP contribution in [-0.4, -0.2) is 59.6 Å². The second-order valence-corrected chi connectivity index (χ2v) is 9.15. The molecule has 6 heteroatoms. The Hall–Kier alpha value is -1.63. The molecule has 156 valence electrons. The van der Waals surface area contributed by atoms with E-state index in [-0.39, 0.29) is 30.0 Å². The number of benzene rings is 1. The molecule has 2 aliphatic rings. The van der Waals surface area contributed by atoms with Crippen LogP contribution < -0.4 is 5.73 Å². The summed E-state index contributed by atoms with van der Waals surface area (Å²) in [5, 5.41) is 11.2. The lowest BCUT2D eigenvalue weighted by molar-refractivity contribution is -0.0241. The lowest BCUT2D eigenvalue weighted by Gasteiger charge is -2.40. The Morgan fingerprint density at radius 3 is 2.57 bits per heavy atom. The monoisotopic (exact) mass is 390 g/mol. The van der Waals surface area contributed by atoms with E-state index in [0.717, 1.165) is 18.4 Å². The number of nitrogens with two attached hydrogens (primary N) is 1. The van der Waals surface area contributed by atoms with E-state index in [2.05, 4.69) is 0 Å². The van der Waals surface area contributed by atoms with Gasteiger partial charge in [0.15, 0.2) is 0 Å². The number of likely N-dealkylation sites (tertiary alicyclic amines) is 1. The Labute approximate surface area is 168 Å². The van der Waals surface area contributed by atoms with Crippen LogP contribution in [0.3, 0.4) is 0 Å². The summed E-state index contributed by atoms with van der Waals surface area (Å²) in [4.78, 5) is 14.8. The van der Waals surface area contributed by atoms with Crippen molar-refractivity contribution in [2.24, 2.45) is 17.6 Å². The zero-order valence-electron chi connectivity index (χ0n) is 17.4. The van der Waals surface area contributed by atoms with E-state index >= 15 is 0 Å². The van der Waals surface area contributed by atoms with Crippen LogP contribution in [0.25, 0.3) is 0 Å². The van der Waals surface area contributed by atoms with Crippen molar-refractivity contribution in [1.29, 1.82) is 0 Å². The quantitative estimate of drug-likeness (QED) is 0.780. The first-order valence-electron chi connectivity index (χ1n) is 10.2. The van der Waals surface area contributed by atoms with Crippen molar-refractivity contribution in [2.45, 2.75) is 69.9 Å². The van der Waals surface area contributed by atoms with E-state index in [4.69, 9.17) is 15.2 Å². The second kappa shape index (κ2) is 8.39. The predicted octanol–water partition coefficient (Wildman–Crippen LogP) is 2.58. The van der Waals surface area contributed by atoms with Crippen molar-refractivity contribution in [2.75, 3.05) is 13.7 Å². The molecule has 1 heterocycles. The third-order valence-corrected chi connectivity index (χ3v) is 6.02. The molecule has 0 radical (unpaired) electrons. The topological polar surface area (TPSA) is 85.0 Å². The summed E-state index contributed by atoms with van der Waals surface area (Å²) in [6, 6.07) is 9.14.